The first-order chi connectivity index (χ1) is 11.8. The second-order valence-corrected chi connectivity index (χ2v) is 6.22. The maximum absolute atomic E-state index is 13.1. The number of likely N-dealkylation sites (tertiary alicyclic amines) is 1. The van der Waals surface area contributed by atoms with E-state index in [2.05, 4.69) is 10.1 Å². The lowest BCUT2D eigenvalue weighted by Gasteiger charge is -2.23. The van der Waals surface area contributed by atoms with Crippen LogP contribution in [0.25, 0.3) is 11.3 Å². The molecule has 0 aliphatic carbocycles. The van der Waals surface area contributed by atoms with Gasteiger partial charge in [-0.2, -0.15) is 0 Å². The average Bonchev–Trinajstić information content (AvgIpc) is 3.27. The normalized spacial score (nSPS) is 18.1. The van der Waals surface area contributed by atoms with E-state index < -0.39 is 0 Å². The predicted octanol–water partition coefficient (Wildman–Crippen LogP) is 4.82. The molecule has 4 rings (SSSR count). The molecule has 1 fully saturated rings. The van der Waals surface area contributed by atoms with Crippen LogP contribution in [-0.2, 0) is 6.54 Å². The van der Waals surface area contributed by atoms with Crippen molar-refractivity contribution in [3.63, 3.8) is 0 Å². The first-order valence-electron chi connectivity index (χ1n) is 8.30. The summed E-state index contributed by atoms with van der Waals surface area (Å²) in [6, 6.07) is 19.2. The molecule has 24 heavy (non-hydrogen) atoms. The summed E-state index contributed by atoms with van der Waals surface area (Å²) in [5, 5.41) is 4.19. The lowest BCUT2D eigenvalue weighted by molar-refractivity contribution is 0.217. The molecule has 0 bridgehead atoms. The lowest BCUT2D eigenvalue weighted by Crippen LogP contribution is -2.22. The molecule has 0 N–H and O–H groups in total. The number of benzene rings is 2. The molecule has 2 heterocycles. The van der Waals surface area contributed by atoms with Gasteiger partial charge < -0.3 is 4.52 Å². The van der Waals surface area contributed by atoms with Crippen molar-refractivity contribution in [2.24, 2.45) is 0 Å². The van der Waals surface area contributed by atoms with Gasteiger partial charge in [-0.05, 0) is 37.1 Å². The molecule has 0 amide bonds. The Morgan fingerprint density at radius 3 is 2.67 bits per heavy atom. The Labute approximate surface area is 140 Å². The highest BCUT2D eigenvalue weighted by Crippen LogP contribution is 2.33. The summed E-state index contributed by atoms with van der Waals surface area (Å²) in [5.41, 5.74) is 3.09. The molecule has 4 heteroatoms. The van der Waals surface area contributed by atoms with Gasteiger partial charge in [-0.1, -0.05) is 47.6 Å². The Morgan fingerprint density at radius 2 is 1.88 bits per heavy atom. The largest absolute Gasteiger partial charge is 0.359 e. The molecule has 1 aromatic heterocycles. The van der Waals surface area contributed by atoms with Crippen LogP contribution >= 0.6 is 0 Å². The van der Waals surface area contributed by atoms with Crippen molar-refractivity contribution in [2.75, 3.05) is 6.54 Å². The highest BCUT2D eigenvalue weighted by Gasteiger charge is 2.27. The van der Waals surface area contributed by atoms with E-state index in [4.69, 9.17) is 4.52 Å². The molecule has 0 radical (unpaired) electrons. The molecule has 122 valence electrons. The van der Waals surface area contributed by atoms with E-state index in [0.29, 0.717) is 6.04 Å². The summed E-state index contributed by atoms with van der Waals surface area (Å²) < 4.78 is 18.7. The maximum atomic E-state index is 13.1. The predicted molar refractivity (Wildman–Crippen MR) is 90.7 cm³/mol. The van der Waals surface area contributed by atoms with Crippen molar-refractivity contribution in [3.8, 4) is 11.3 Å². The topological polar surface area (TPSA) is 29.3 Å². The Balaban J connectivity index is 1.50. The Bertz CT molecular complexity index is 798. The molecule has 0 saturated carbocycles. The third kappa shape index (κ3) is 3.10. The SMILES string of the molecule is Fc1ccc([C@@H]2CCCN2Cc2cc(-c3ccccc3)no2)cc1. The highest BCUT2D eigenvalue weighted by molar-refractivity contribution is 5.58. The first kappa shape index (κ1) is 15.1. The van der Waals surface area contributed by atoms with Crippen LogP contribution in [-0.4, -0.2) is 16.6 Å². The van der Waals surface area contributed by atoms with Crippen LogP contribution in [0.4, 0.5) is 4.39 Å². The van der Waals surface area contributed by atoms with Crippen molar-refractivity contribution in [2.45, 2.75) is 25.4 Å². The molecule has 2 aromatic carbocycles. The fraction of sp³-hybridized carbons (Fsp3) is 0.250. The summed E-state index contributed by atoms with van der Waals surface area (Å²) in [6.45, 7) is 1.74. The molecular weight excluding hydrogens is 303 g/mol. The summed E-state index contributed by atoms with van der Waals surface area (Å²) in [7, 11) is 0. The fourth-order valence-corrected chi connectivity index (χ4v) is 3.41. The van der Waals surface area contributed by atoms with Gasteiger partial charge in [0.25, 0.3) is 0 Å². The van der Waals surface area contributed by atoms with Gasteiger partial charge in [0.2, 0.25) is 0 Å². The van der Waals surface area contributed by atoms with Crippen molar-refractivity contribution in [3.05, 3.63) is 77.8 Å². The standard InChI is InChI=1S/C20H19FN2O/c21-17-10-8-16(9-11-17)20-7-4-12-23(20)14-18-13-19(22-24-18)15-5-2-1-3-6-15/h1-3,5-6,8-11,13,20H,4,7,12,14H2/t20-/m0/s1. The van der Waals surface area contributed by atoms with Gasteiger partial charge in [0, 0.05) is 17.7 Å². The number of hydrogen-bond acceptors (Lipinski definition) is 3. The van der Waals surface area contributed by atoms with E-state index in [1.54, 1.807) is 0 Å². The van der Waals surface area contributed by atoms with Gasteiger partial charge >= 0.3 is 0 Å². The molecular formula is C20H19FN2O. The number of rotatable bonds is 4. The van der Waals surface area contributed by atoms with Gasteiger partial charge in [-0.25, -0.2) is 4.39 Å². The zero-order valence-corrected chi connectivity index (χ0v) is 13.4. The Kier molecular flexibility index (Phi) is 4.13. The van der Waals surface area contributed by atoms with Crippen LogP contribution in [0.1, 0.15) is 30.2 Å². The third-order valence-electron chi connectivity index (χ3n) is 4.61. The average molecular weight is 322 g/mol. The van der Waals surface area contributed by atoms with E-state index in [1.807, 2.05) is 48.5 Å². The maximum Gasteiger partial charge on any atom is 0.151 e. The van der Waals surface area contributed by atoms with Crippen LogP contribution in [0.3, 0.4) is 0 Å². The molecule has 1 aliphatic heterocycles. The zero-order valence-electron chi connectivity index (χ0n) is 13.4. The summed E-state index contributed by atoms with van der Waals surface area (Å²) in [5.74, 6) is 0.675. The van der Waals surface area contributed by atoms with Crippen LogP contribution in [0.2, 0.25) is 0 Å². The van der Waals surface area contributed by atoms with Crippen molar-refractivity contribution >= 4 is 0 Å². The third-order valence-corrected chi connectivity index (χ3v) is 4.61. The molecule has 1 atom stereocenters. The van der Waals surface area contributed by atoms with Gasteiger partial charge in [0.05, 0.1) is 6.54 Å². The van der Waals surface area contributed by atoms with E-state index in [9.17, 15) is 4.39 Å². The number of hydrogen-bond donors (Lipinski definition) is 0. The second kappa shape index (κ2) is 6.57. The number of nitrogens with zero attached hydrogens (tertiary/aromatic N) is 2. The van der Waals surface area contributed by atoms with Crippen LogP contribution in [0.5, 0.6) is 0 Å². The van der Waals surface area contributed by atoms with E-state index in [-0.39, 0.29) is 5.82 Å². The molecule has 3 nitrogen and oxygen atoms in total. The quantitative estimate of drug-likeness (QED) is 0.690. The second-order valence-electron chi connectivity index (χ2n) is 6.22. The summed E-state index contributed by atoms with van der Waals surface area (Å²) in [4.78, 5) is 2.38. The Hall–Kier alpha value is -2.46. The molecule has 1 aliphatic rings. The van der Waals surface area contributed by atoms with E-state index >= 15 is 0 Å². The van der Waals surface area contributed by atoms with Crippen LogP contribution in [0.15, 0.2) is 65.2 Å². The van der Waals surface area contributed by atoms with Crippen molar-refractivity contribution in [1.82, 2.24) is 10.1 Å². The zero-order chi connectivity index (χ0) is 16.4. The van der Waals surface area contributed by atoms with E-state index in [0.717, 1.165) is 48.5 Å². The van der Waals surface area contributed by atoms with Crippen LogP contribution in [0, 0.1) is 5.82 Å². The van der Waals surface area contributed by atoms with Gasteiger partial charge in [0.1, 0.15) is 11.5 Å². The summed E-state index contributed by atoms with van der Waals surface area (Å²) in [6.07, 6.45) is 2.23. The molecule has 0 unspecified atom stereocenters. The molecule has 3 aromatic rings. The van der Waals surface area contributed by atoms with Gasteiger partial charge in [-0.3, -0.25) is 4.90 Å². The number of aromatic nitrogens is 1. The Morgan fingerprint density at radius 1 is 1.08 bits per heavy atom. The first-order valence-corrected chi connectivity index (χ1v) is 8.30. The molecule has 1 saturated heterocycles. The van der Waals surface area contributed by atoms with Gasteiger partial charge in [0.15, 0.2) is 5.76 Å². The lowest BCUT2D eigenvalue weighted by atomic mass is 10.0. The van der Waals surface area contributed by atoms with Gasteiger partial charge in [-0.15, -0.1) is 0 Å². The minimum absolute atomic E-state index is 0.189. The van der Waals surface area contributed by atoms with Crippen LogP contribution < -0.4 is 0 Å². The summed E-state index contributed by atoms with van der Waals surface area (Å²) >= 11 is 0. The number of halogens is 1. The van der Waals surface area contributed by atoms with Crippen molar-refractivity contribution < 1.29 is 8.91 Å². The minimum Gasteiger partial charge on any atom is -0.359 e. The van der Waals surface area contributed by atoms with Crippen molar-refractivity contribution in [1.29, 1.82) is 0 Å². The fourth-order valence-electron chi connectivity index (χ4n) is 3.41. The monoisotopic (exact) mass is 322 g/mol. The highest BCUT2D eigenvalue weighted by atomic mass is 19.1. The minimum atomic E-state index is -0.189. The smallest absolute Gasteiger partial charge is 0.151 e. The van der Waals surface area contributed by atoms with E-state index in [1.165, 1.54) is 12.1 Å². The molecule has 0 spiro atoms.